The summed E-state index contributed by atoms with van der Waals surface area (Å²) in [5.74, 6) is -0.976. The van der Waals surface area contributed by atoms with E-state index in [1.165, 1.54) is 30.3 Å². The highest BCUT2D eigenvalue weighted by molar-refractivity contribution is 5.84. The Hall–Kier alpha value is -4.22. The molecule has 1 N–H and O–H groups in total. The van der Waals surface area contributed by atoms with Crippen molar-refractivity contribution in [2.45, 2.75) is 25.6 Å². The lowest BCUT2D eigenvalue weighted by atomic mass is 10.1. The van der Waals surface area contributed by atoms with Crippen molar-refractivity contribution in [1.82, 2.24) is 0 Å². The number of nitrogens with zero attached hydrogens (tertiary/aromatic N) is 1. The van der Waals surface area contributed by atoms with Crippen LogP contribution in [0.25, 0.3) is 0 Å². The number of benzene rings is 3. The third-order valence-electron chi connectivity index (χ3n) is 4.80. The van der Waals surface area contributed by atoms with Crippen molar-refractivity contribution in [2.24, 2.45) is 5.16 Å². The first-order valence-corrected chi connectivity index (χ1v) is 10.5. The van der Waals surface area contributed by atoms with E-state index in [4.69, 9.17) is 14.6 Å². The quantitative estimate of drug-likeness (QED) is 0.190. The number of para-hydroxylation sites is 1. The second-order valence-electron chi connectivity index (χ2n) is 7.54. The monoisotopic (exact) mass is 527 g/mol. The third kappa shape index (κ3) is 8.16. The zero-order valence-electron chi connectivity index (χ0n) is 18.8. The van der Waals surface area contributed by atoms with Gasteiger partial charge in [-0.05, 0) is 47.5 Å². The van der Waals surface area contributed by atoms with Gasteiger partial charge in [-0.2, -0.15) is 26.3 Å². The molecule has 0 saturated carbocycles. The number of alkyl halides is 6. The predicted molar refractivity (Wildman–Crippen MR) is 119 cm³/mol. The van der Waals surface area contributed by atoms with Crippen LogP contribution in [-0.4, -0.2) is 23.9 Å². The van der Waals surface area contributed by atoms with E-state index in [1.807, 2.05) is 0 Å². The largest absolute Gasteiger partial charge is 0.485 e. The maximum atomic E-state index is 12.8. The summed E-state index contributed by atoms with van der Waals surface area (Å²) in [7, 11) is 0. The van der Waals surface area contributed by atoms with Gasteiger partial charge in [-0.15, -0.1) is 0 Å². The molecule has 0 fully saturated rings. The van der Waals surface area contributed by atoms with E-state index in [1.54, 1.807) is 12.1 Å². The van der Waals surface area contributed by atoms with Gasteiger partial charge in [-0.25, -0.2) is 4.79 Å². The van der Waals surface area contributed by atoms with E-state index in [9.17, 15) is 31.1 Å². The highest BCUT2D eigenvalue weighted by Crippen LogP contribution is 2.34. The van der Waals surface area contributed by atoms with Crippen molar-refractivity contribution in [3.8, 4) is 11.5 Å². The zero-order chi connectivity index (χ0) is 27.1. The number of aliphatic carboxylic acids is 1. The number of halogens is 6. The van der Waals surface area contributed by atoms with Crippen LogP contribution >= 0.6 is 0 Å². The van der Waals surface area contributed by atoms with E-state index in [0.29, 0.717) is 16.7 Å². The summed E-state index contributed by atoms with van der Waals surface area (Å²) in [5, 5.41) is 12.2. The van der Waals surface area contributed by atoms with Crippen molar-refractivity contribution in [1.29, 1.82) is 0 Å². The molecular formula is C25H19F6NO5. The molecule has 0 radical (unpaired) electrons. The van der Waals surface area contributed by atoms with Gasteiger partial charge in [0.15, 0.2) is 11.5 Å². The van der Waals surface area contributed by atoms with Gasteiger partial charge in [0.25, 0.3) is 0 Å². The molecule has 0 aromatic heterocycles. The van der Waals surface area contributed by atoms with Crippen molar-refractivity contribution in [3.05, 3.63) is 94.5 Å². The summed E-state index contributed by atoms with van der Waals surface area (Å²) in [6.45, 7) is -0.969. The van der Waals surface area contributed by atoms with Gasteiger partial charge in [0.1, 0.15) is 13.2 Å². The molecule has 6 nitrogen and oxygen atoms in total. The minimum absolute atomic E-state index is 0.108. The van der Waals surface area contributed by atoms with Crippen LogP contribution in [0.3, 0.4) is 0 Å². The van der Waals surface area contributed by atoms with Crippen LogP contribution in [0.4, 0.5) is 26.3 Å². The molecule has 37 heavy (non-hydrogen) atoms. The molecule has 0 spiro atoms. The standard InChI is InChI=1S/C25H19F6NO5/c26-24(27,28)19-8-4-16(5-9-19)13-35-21-3-1-2-18(12-32-37-15-22(33)34)23(21)36-14-17-6-10-20(11-7-17)25(29,30)31/h1-12H,13-15H2,(H,33,34). The maximum Gasteiger partial charge on any atom is 0.416 e. The summed E-state index contributed by atoms with van der Waals surface area (Å²) in [6, 6.07) is 13.3. The maximum absolute atomic E-state index is 12.8. The third-order valence-corrected chi connectivity index (χ3v) is 4.80. The Morgan fingerprint density at radius 1 is 0.784 bits per heavy atom. The minimum Gasteiger partial charge on any atom is -0.485 e. The molecule has 12 heteroatoms. The SMILES string of the molecule is O=C(O)CON=Cc1cccc(OCc2ccc(C(F)(F)F)cc2)c1OCc1ccc(C(F)(F)F)cc1. The number of oxime groups is 1. The van der Waals surface area contributed by atoms with Crippen molar-refractivity contribution >= 4 is 12.2 Å². The normalized spacial score (nSPS) is 11.9. The fourth-order valence-electron chi connectivity index (χ4n) is 2.99. The van der Waals surface area contributed by atoms with Gasteiger partial charge in [0, 0.05) is 5.56 Å². The molecule has 0 unspecified atom stereocenters. The Morgan fingerprint density at radius 2 is 1.30 bits per heavy atom. The summed E-state index contributed by atoms with van der Waals surface area (Å²) in [4.78, 5) is 15.2. The smallest absolute Gasteiger partial charge is 0.416 e. The Morgan fingerprint density at radius 3 is 1.78 bits per heavy atom. The summed E-state index contributed by atoms with van der Waals surface area (Å²) in [5.41, 5.74) is -0.486. The number of ether oxygens (including phenoxy) is 2. The number of hydrogen-bond donors (Lipinski definition) is 1. The van der Waals surface area contributed by atoms with Crippen LogP contribution in [-0.2, 0) is 35.2 Å². The molecule has 0 heterocycles. The average molecular weight is 527 g/mol. The van der Waals surface area contributed by atoms with Crippen molar-refractivity contribution in [2.75, 3.05) is 6.61 Å². The number of rotatable bonds is 10. The molecule has 3 aromatic carbocycles. The lowest BCUT2D eigenvalue weighted by molar-refractivity contribution is -0.142. The average Bonchev–Trinajstić information content (AvgIpc) is 2.84. The molecule has 3 rings (SSSR count). The van der Waals surface area contributed by atoms with Crippen LogP contribution in [0, 0.1) is 0 Å². The van der Waals surface area contributed by atoms with E-state index in [-0.39, 0.29) is 24.7 Å². The molecule has 0 bridgehead atoms. The Balaban J connectivity index is 1.80. The minimum atomic E-state index is -4.49. The Kier molecular flexibility index (Phi) is 8.64. The van der Waals surface area contributed by atoms with Gasteiger partial charge in [0.05, 0.1) is 17.3 Å². The van der Waals surface area contributed by atoms with E-state index in [0.717, 1.165) is 30.5 Å². The molecule has 0 aliphatic heterocycles. The van der Waals surface area contributed by atoms with Gasteiger partial charge >= 0.3 is 18.3 Å². The van der Waals surface area contributed by atoms with Gasteiger partial charge in [-0.1, -0.05) is 35.5 Å². The van der Waals surface area contributed by atoms with Crippen LogP contribution in [0.2, 0.25) is 0 Å². The number of carbonyl (C=O) groups is 1. The molecule has 0 saturated heterocycles. The van der Waals surface area contributed by atoms with Crippen LogP contribution in [0.15, 0.2) is 71.9 Å². The van der Waals surface area contributed by atoms with Crippen LogP contribution in [0.5, 0.6) is 11.5 Å². The number of carboxylic acids is 1. The van der Waals surface area contributed by atoms with E-state index >= 15 is 0 Å². The van der Waals surface area contributed by atoms with Crippen LogP contribution in [0.1, 0.15) is 27.8 Å². The first kappa shape index (κ1) is 27.4. The molecule has 196 valence electrons. The summed E-state index contributed by atoms with van der Waals surface area (Å²) in [6.07, 6.45) is -7.80. The van der Waals surface area contributed by atoms with Gasteiger partial charge in [-0.3, -0.25) is 0 Å². The zero-order valence-corrected chi connectivity index (χ0v) is 18.8. The highest BCUT2D eigenvalue weighted by Gasteiger charge is 2.30. The fourth-order valence-corrected chi connectivity index (χ4v) is 2.99. The molecule has 3 aromatic rings. The molecular weight excluding hydrogens is 508 g/mol. The lowest BCUT2D eigenvalue weighted by Crippen LogP contribution is -2.07. The molecule has 0 amide bonds. The Bertz CT molecular complexity index is 1220. The van der Waals surface area contributed by atoms with E-state index < -0.39 is 36.1 Å². The number of hydrogen-bond acceptors (Lipinski definition) is 5. The van der Waals surface area contributed by atoms with Crippen molar-refractivity contribution < 1.29 is 50.6 Å². The Labute approximate surface area is 206 Å². The van der Waals surface area contributed by atoms with E-state index in [2.05, 4.69) is 9.99 Å². The fraction of sp³-hybridized carbons (Fsp3) is 0.200. The predicted octanol–water partition coefficient (Wildman–Crippen LogP) is 6.32. The highest BCUT2D eigenvalue weighted by atomic mass is 19.4. The number of carboxylic acid groups (broad SMARTS) is 1. The summed E-state index contributed by atoms with van der Waals surface area (Å²) >= 11 is 0. The van der Waals surface area contributed by atoms with Crippen LogP contribution < -0.4 is 9.47 Å². The van der Waals surface area contributed by atoms with Crippen molar-refractivity contribution in [3.63, 3.8) is 0 Å². The molecule has 0 atom stereocenters. The topological polar surface area (TPSA) is 77.4 Å². The second-order valence-corrected chi connectivity index (χ2v) is 7.54. The first-order valence-electron chi connectivity index (χ1n) is 10.5. The molecule has 0 aliphatic carbocycles. The van der Waals surface area contributed by atoms with Gasteiger partial charge < -0.3 is 19.4 Å². The first-order chi connectivity index (χ1) is 17.4. The second kappa shape index (κ2) is 11.7. The lowest BCUT2D eigenvalue weighted by Gasteiger charge is -2.16. The van der Waals surface area contributed by atoms with Gasteiger partial charge in [0.2, 0.25) is 6.61 Å². The molecule has 0 aliphatic rings. The summed E-state index contributed by atoms with van der Waals surface area (Å²) < 4.78 is 88.3.